The molecule has 1 aromatic heterocycles. The van der Waals surface area contributed by atoms with Crippen LogP contribution in [0.2, 0.25) is 0 Å². The highest BCUT2D eigenvalue weighted by atomic mass is 32.2. The van der Waals surface area contributed by atoms with Crippen molar-refractivity contribution in [2.45, 2.75) is 24.8 Å². The van der Waals surface area contributed by atoms with Gasteiger partial charge >= 0.3 is 12.3 Å². The topological polar surface area (TPSA) is 73.2 Å². The van der Waals surface area contributed by atoms with Crippen LogP contribution in [0.4, 0.5) is 18.0 Å². The summed E-state index contributed by atoms with van der Waals surface area (Å²) in [5.41, 5.74) is 0.408. The van der Waals surface area contributed by atoms with E-state index < -0.39 is 18.9 Å². The zero-order valence-corrected chi connectivity index (χ0v) is 14.1. The quantitative estimate of drug-likeness (QED) is 0.478. The van der Waals surface area contributed by atoms with Crippen molar-refractivity contribution in [3.63, 3.8) is 0 Å². The molecule has 1 N–H and O–H groups in total. The molecule has 2 aromatic rings. The van der Waals surface area contributed by atoms with E-state index in [0.29, 0.717) is 28.4 Å². The number of benzene rings is 1. The summed E-state index contributed by atoms with van der Waals surface area (Å²) in [6.45, 7) is 0.691. The molecule has 0 radical (unpaired) electrons. The average Bonchev–Trinajstić information content (AvgIpc) is 2.56. The Kier molecular flexibility index (Phi) is 6.29. The number of carbonyl (C=O) groups is 1. The van der Waals surface area contributed by atoms with Crippen LogP contribution < -0.4 is 10.9 Å². The van der Waals surface area contributed by atoms with Crippen molar-refractivity contribution in [3.05, 3.63) is 34.6 Å². The number of rotatable bonds is 6. The molecular weight excluding hydrogens is 359 g/mol. The third-order valence-electron chi connectivity index (χ3n) is 3.11. The van der Waals surface area contributed by atoms with E-state index >= 15 is 0 Å². The molecule has 2 rings (SSSR count). The molecule has 6 nitrogen and oxygen atoms in total. The third kappa shape index (κ3) is 5.38. The van der Waals surface area contributed by atoms with E-state index in [0.717, 1.165) is 0 Å². The Morgan fingerprint density at radius 2 is 2.08 bits per heavy atom. The maximum absolute atomic E-state index is 12.4. The standard InChI is InChI=1S/C15H16F3N3O3S/c1-2-21-12(22)10-5-3-4-6-11(10)20-13(21)25-8-7-19-14(23)24-9-15(16,17)18/h3-6H,2,7-9H2,1H3,(H,19,23). The number of alkyl carbamates (subject to hydrolysis) is 1. The van der Waals surface area contributed by atoms with Crippen molar-refractivity contribution in [1.29, 1.82) is 0 Å². The number of halogens is 3. The van der Waals surface area contributed by atoms with Crippen LogP contribution in [0, 0.1) is 0 Å². The molecule has 136 valence electrons. The van der Waals surface area contributed by atoms with Gasteiger partial charge in [0.15, 0.2) is 11.8 Å². The number of para-hydroxylation sites is 1. The molecular formula is C15H16F3N3O3S. The van der Waals surface area contributed by atoms with Crippen LogP contribution in [-0.4, -0.2) is 40.7 Å². The minimum Gasteiger partial charge on any atom is -0.440 e. The summed E-state index contributed by atoms with van der Waals surface area (Å²) in [6, 6.07) is 6.96. The van der Waals surface area contributed by atoms with Gasteiger partial charge in [0.25, 0.3) is 5.56 Å². The summed E-state index contributed by atoms with van der Waals surface area (Å²) < 4.78 is 41.3. The molecule has 0 fully saturated rings. The summed E-state index contributed by atoms with van der Waals surface area (Å²) in [4.78, 5) is 28.0. The van der Waals surface area contributed by atoms with E-state index in [4.69, 9.17) is 0 Å². The Morgan fingerprint density at radius 1 is 1.36 bits per heavy atom. The lowest BCUT2D eigenvalue weighted by Gasteiger charge is -2.11. The van der Waals surface area contributed by atoms with Crippen molar-refractivity contribution in [2.75, 3.05) is 18.9 Å². The molecule has 0 aliphatic carbocycles. The van der Waals surface area contributed by atoms with E-state index in [1.165, 1.54) is 16.3 Å². The third-order valence-corrected chi connectivity index (χ3v) is 4.09. The van der Waals surface area contributed by atoms with Gasteiger partial charge in [-0.2, -0.15) is 13.2 Å². The Balaban J connectivity index is 1.95. The first-order chi connectivity index (χ1) is 11.8. The zero-order chi connectivity index (χ0) is 18.4. The van der Waals surface area contributed by atoms with Gasteiger partial charge in [0.1, 0.15) is 0 Å². The number of hydrogen-bond acceptors (Lipinski definition) is 5. The van der Waals surface area contributed by atoms with Crippen LogP contribution in [-0.2, 0) is 11.3 Å². The number of aromatic nitrogens is 2. The van der Waals surface area contributed by atoms with Gasteiger partial charge in [0.2, 0.25) is 0 Å². The minimum absolute atomic E-state index is 0.0772. The molecule has 0 atom stereocenters. The predicted molar refractivity (Wildman–Crippen MR) is 87.8 cm³/mol. The molecule has 1 amide bonds. The van der Waals surface area contributed by atoms with E-state index in [1.807, 2.05) is 6.92 Å². The van der Waals surface area contributed by atoms with E-state index in [1.54, 1.807) is 24.3 Å². The van der Waals surface area contributed by atoms with Crippen LogP contribution in [0.15, 0.2) is 34.2 Å². The number of thioether (sulfide) groups is 1. The fraction of sp³-hybridized carbons (Fsp3) is 0.400. The predicted octanol–water partition coefficient (Wildman–Crippen LogP) is 2.80. The molecule has 25 heavy (non-hydrogen) atoms. The molecule has 0 saturated heterocycles. The van der Waals surface area contributed by atoms with E-state index in [-0.39, 0.29) is 12.1 Å². The Hall–Kier alpha value is -2.23. The fourth-order valence-corrected chi connectivity index (χ4v) is 2.95. The lowest BCUT2D eigenvalue weighted by molar-refractivity contribution is -0.160. The number of amides is 1. The fourth-order valence-electron chi connectivity index (χ4n) is 2.03. The van der Waals surface area contributed by atoms with Gasteiger partial charge in [-0.1, -0.05) is 23.9 Å². The number of fused-ring (bicyclic) bond motifs is 1. The smallest absolute Gasteiger partial charge is 0.422 e. The Morgan fingerprint density at radius 3 is 2.76 bits per heavy atom. The van der Waals surface area contributed by atoms with Crippen molar-refractivity contribution < 1.29 is 22.7 Å². The first-order valence-corrected chi connectivity index (χ1v) is 8.40. The number of nitrogens with zero attached hydrogens (tertiary/aromatic N) is 2. The number of alkyl halides is 3. The average molecular weight is 375 g/mol. The maximum Gasteiger partial charge on any atom is 0.422 e. The summed E-state index contributed by atoms with van der Waals surface area (Å²) in [7, 11) is 0. The van der Waals surface area contributed by atoms with Gasteiger partial charge in [-0.3, -0.25) is 9.36 Å². The number of nitrogens with one attached hydrogen (secondary N) is 1. The van der Waals surface area contributed by atoms with Gasteiger partial charge in [0.05, 0.1) is 10.9 Å². The molecule has 0 saturated carbocycles. The van der Waals surface area contributed by atoms with Crippen molar-refractivity contribution in [1.82, 2.24) is 14.9 Å². The molecule has 1 aromatic carbocycles. The molecule has 0 spiro atoms. The molecule has 0 aliphatic rings. The highest BCUT2D eigenvalue weighted by Crippen LogP contribution is 2.17. The minimum atomic E-state index is -4.56. The van der Waals surface area contributed by atoms with Crippen molar-refractivity contribution in [3.8, 4) is 0 Å². The van der Waals surface area contributed by atoms with Crippen LogP contribution >= 0.6 is 11.8 Å². The monoisotopic (exact) mass is 375 g/mol. The largest absolute Gasteiger partial charge is 0.440 e. The van der Waals surface area contributed by atoms with E-state index in [9.17, 15) is 22.8 Å². The second-order valence-electron chi connectivity index (χ2n) is 4.93. The molecule has 1 heterocycles. The number of ether oxygens (including phenoxy) is 1. The summed E-state index contributed by atoms with van der Waals surface area (Å²) in [5, 5.41) is 3.22. The van der Waals surface area contributed by atoms with Crippen LogP contribution in [0.3, 0.4) is 0 Å². The zero-order valence-electron chi connectivity index (χ0n) is 13.3. The second kappa shape index (κ2) is 8.24. The van der Waals surface area contributed by atoms with Crippen molar-refractivity contribution >= 4 is 28.8 Å². The Labute approximate surface area is 145 Å². The Bertz CT molecular complexity index is 808. The number of carbonyl (C=O) groups excluding carboxylic acids is 1. The van der Waals surface area contributed by atoms with Gasteiger partial charge in [-0.05, 0) is 19.1 Å². The van der Waals surface area contributed by atoms with Crippen molar-refractivity contribution in [2.24, 2.45) is 0 Å². The number of hydrogen-bond donors (Lipinski definition) is 1. The maximum atomic E-state index is 12.4. The summed E-state index contributed by atoms with van der Waals surface area (Å²) >= 11 is 1.23. The van der Waals surface area contributed by atoms with Crippen LogP contribution in [0.25, 0.3) is 10.9 Å². The molecule has 0 unspecified atom stereocenters. The molecule has 0 aliphatic heterocycles. The van der Waals surface area contributed by atoms with Gasteiger partial charge < -0.3 is 10.1 Å². The lowest BCUT2D eigenvalue weighted by atomic mass is 10.2. The normalized spacial score (nSPS) is 11.5. The first kappa shape index (κ1) is 19.1. The van der Waals surface area contributed by atoms with Crippen LogP contribution in [0.1, 0.15) is 6.92 Å². The summed E-state index contributed by atoms with van der Waals surface area (Å²) in [5.74, 6) is 0.325. The second-order valence-corrected chi connectivity index (χ2v) is 5.99. The van der Waals surface area contributed by atoms with Gasteiger partial charge in [0, 0.05) is 18.8 Å². The van der Waals surface area contributed by atoms with Gasteiger partial charge in [-0.25, -0.2) is 9.78 Å². The first-order valence-electron chi connectivity index (χ1n) is 7.41. The highest BCUT2D eigenvalue weighted by Gasteiger charge is 2.29. The van der Waals surface area contributed by atoms with Crippen LogP contribution in [0.5, 0.6) is 0 Å². The molecule has 10 heteroatoms. The lowest BCUT2D eigenvalue weighted by Crippen LogP contribution is -2.30. The SMILES string of the molecule is CCn1c(SCCNC(=O)OCC(F)(F)F)nc2ccccc2c1=O. The van der Waals surface area contributed by atoms with Gasteiger partial charge in [-0.15, -0.1) is 0 Å². The van der Waals surface area contributed by atoms with E-state index in [2.05, 4.69) is 15.0 Å². The summed E-state index contributed by atoms with van der Waals surface area (Å²) in [6.07, 6.45) is -5.70. The highest BCUT2D eigenvalue weighted by molar-refractivity contribution is 7.99. The molecule has 0 bridgehead atoms.